The normalized spacial score (nSPS) is 33.0. The zero-order chi connectivity index (χ0) is 21.9. The van der Waals surface area contributed by atoms with E-state index in [0.29, 0.717) is 0 Å². The fourth-order valence-electron chi connectivity index (χ4n) is 3.89. The Balaban J connectivity index is 1.97. The molecule has 0 bridgehead atoms. The molecule has 1 aromatic carbocycles. The van der Waals surface area contributed by atoms with Crippen molar-refractivity contribution in [2.75, 3.05) is 20.5 Å². The van der Waals surface area contributed by atoms with Crippen LogP contribution in [-0.2, 0) is 44.6 Å². The molecule has 5 atom stereocenters. The monoisotopic (exact) mass is 424 g/mol. The number of aliphatic hydroxyl groups excluding tert-OH is 1. The molecule has 30 heavy (non-hydrogen) atoms. The summed E-state index contributed by atoms with van der Waals surface area (Å²) in [5, 5.41) is 11.0. The average Bonchev–Trinajstić information content (AvgIpc) is 3.02. The summed E-state index contributed by atoms with van der Waals surface area (Å²) in [6.07, 6.45) is -5.27. The molecule has 0 unspecified atom stereocenters. The van der Waals surface area contributed by atoms with E-state index in [0.717, 1.165) is 12.5 Å². The molecule has 1 spiro atoms. The number of hydrogen-bond donors (Lipinski definition) is 1. The highest BCUT2D eigenvalue weighted by Crippen LogP contribution is 2.44. The molecule has 1 saturated heterocycles. The van der Waals surface area contributed by atoms with Crippen LogP contribution in [0.15, 0.2) is 30.3 Å². The predicted octanol–water partition coefficient (Wildman–Crippen LogP) is 0.958. The maximum absolute atomic E-state index is 13.2. The summed E-state index contributed by atoms with van der Waals surface area (Å²) >= 11 is 0. The van der Waals surface area contributed by atoms with Crippen molar-refractivity contribution in [2.45, 2.75) is 63.2 Å². The minimum Gasteiger partial charge on any atom is -0.452 e. The maximum Gasteiger partial charge on any atom is 0.303 e. The lowest BCUT2D eigenvalue weighted by atomic mass is 9.75. The molecule has 0 radical (unpaired) electrons. The van der Waals surface area contributed by atoms with Gasteiger partial charge in [-0.05, 0) is 19.4 Å². The smallest absolute Gasteiger partial charge is 0.303 e. The molecule has 0 amide bonds. The van der Waals surface area contributed by atoms with Crippen LogP contribution in [0.1, 0.15) is 26.3 Å². The molecule has 1 heterocycles. The van der Waals surface area contributed by atoms with Crippen LogP contribution in [-0.4, -0.2) is 73.2 Å². The van der Waals surface area contributed by atoms with Crippen LogP contribution >= 0.6 is 0 Å². The van der Waals surface area contributed by atoms with Crippen LogP contribution in [0.5, 0.6) is 0 Å². The number of carbonyl (C=O) groups is 2. The second kappa shape index (κ2) is 9.09. The largest absolute Gasteiger partial charge is 0.452 e. The van der Waals surface area contributed by atoms with Crippen LogP contribution < -0.4 is 0 Å². The Bertz CT molecular complexity index is 750. The number of ketones is 1. The summed E-state index contributed by atoms with van der Waals surface area (Å²) in [7, 11) is 1.41. The Labute approximate surface area is 175 Å². The Morgan fingerprint density at radius 1 is 1.23 bits per heavy atom. The molecule has 1 aromatic rings. The van der Waals surface area contributed by atoms with Gasteiger partial charge in [0.1, 0.15) is 19.0 Å². The van der Waals surface area contributed by atoms with Crippen molar-refractivity contribution in [2.24, 2.45) is 0 Å². The number of Topliss-reactive ketones (excluding diaryl/α,β-unsaturated/α-hetero) is 1. The third kappa shape index (κ3) is 4.56. The molecule has 1 saturated carbocycles. The van der Waals surface area contributed by atoms with Gasteiger partial charge in [0.15, 0.2) is 23.6 Å². The van der Waals surface area contributed by atoms with Crippen LogP contribution in [0.25, 0.3) is 0 Å². The molecular formula is C21H28O9. The molecule has 0 aromatic heterocycles. The van der Waals surface area contributed by atoms with E-state index in [1.165, 1.54) is 7.11 Å². The van der Waals surface area contributed by atoms with Crippen LogP contribution in [0.4, 0.5) is 0 Å². The SMILES string of the molecule is COCO[C@@H]1C(=O)[C@H](OC(C)=O)[C@@H](O)[C@H](OCc2ccccc2)[C@]12COC(C)(C)O2. The molecule has 9 heteroatoms. The van der Waals surface area contributed by atoms with Crippen molar-refractivity contribution >= 4 is 11.8 Å². The number of hydrogen-bond acceptors (Lipinski definition) is 9. The lowest BCUT2D eigenvalue weighted by Gasteiger charge is -2.48. The maximum atomic E-state index is 13.2. The molecule has 1 aliphatic heterocycles. The summed E-state index contributed by atoms with van der Waals surface area (Å²) in [5.74, 6) is -2.40. The lowest BCUT2D eigenvalue weighted by molar-refractivity contribution is -0.275. The molecule has 9 nitrogen and oxygen atoms in total. The van der Waals surface area contributed by atoms with Crippen molar-refractivity contribution < 1.29 is 43.1 Å². The predicted molar refractivity (Wildman–Crippen MR) is 102 cm³/mol. The Morgan fingerprint density at radius 2 is 1.93 bits per heavy atom. The van der Waals surface area contributed by atoms with Gasteiger partial charge in [0.05, 0.1) is 13.2 Å². The number of carbonyl (C=O) groups excluding carboxylic acids is 2. The van der Waals surface area contributed by atoms with E-state index in [1.807, 2.05) is 30.3 Å². The van der Waals surface area contributed by atoms with E-state index in [2.05, 4.69) is 0 Å². The molecular weight excluding hydrogens is 396 g/mol. The number of methoxy groups -OCH3 is 1. The summed E-state index contributed by atoms with van der Waals surface area (Å²) in [6, 6.07) is 9.33. The van der Waals surface area contributed by atoms with Crippen molar-refractivity contribution in [1.29, 1.82) is 0 Å². The van der Waals surface area contributed by atoms with Gasteiger partial charge in [-0.25, -0.2) is 0 Å². The average molecular weight is 424 g/mol. The van der Waals surface area contributed by atoms with Gasteiger partial charge < -0.3 is 33.5 Å². The lowest BCUT2D eigenvalue weighted by Crippen LogP contribution is -2.72. The summed E-state index contributed by atoms with van der Waals surface area (Å²) in [6.45, 7) is 4.40. The van der Waals surface area contributed by atoms with Gasteiger partial charge in [0.2, 0.25) is 5.78 Å². The number of rotatable bonds is 7. The Hall–Kier alpha value is -1.88. The zero-order valence-corrected chi connectivity index (χ0v) is 17.5. The second-order valence-electron chi connectivity index (χ2n) is 7.84. The molecule has 2 aliphatic rings. The van der Waals surface area contributed by atoms with Crippen molar-refractivity contribution in [1.82, 2.24) is 0 Å². The quantitative estimate of drug-likeness (QED) is 0.505. The third-order valence-electron chi connectivity index (χ3n) is 5.08. The number of aliphatic hydroxyl groups is 1. The number of benzene rings is 1. The molecule has 3 rings (SSSR count). The van der Waals surface area contributed by atoms with E-state index >= 15 is 0 Å². The van der Waals surface area contributed by atoms with Crippen LogP contribution in [0, 0.1) is 0 Å². The summed E-state index contributed by atoms with van der Waals surface area (Å²) in [5.41, 5.74) is -0.599. The second-order valence-corrected chi connectivity index (χ2v) is 7.84. The van der Waals surface area contributed by atoms with Gasteiger partial charge in [-0.2, -0.15) is 0 Å². The van der Waals surface area contributed by atoms with Gasteiger partial charge in [0.25, 0.3) is 0 Å². The van der Waals surface area contributed by atoms with Gasteiger partial charge in [-0.1, -0.05) is 30.3 Å². The van der Waals surface area contributed by atoms with Gasteiger partial charge in [-0.15, -0.1) is 0 Å². The van der Waals surface area contributed by atoms with Crippen molar-refractivity contribution in [3.8, 4) is 0 Å². The first-order valence-electron chi connectivity index (χ1n) is 9.69. The van der Waals surface area contributed by atoms with E-state index in [1.54, 1.807) is 13.8 Å². The number of esters is 1. The van der Waals surface area contributed by atoms with Gasteiger partial charge in [-0.3, -0.25) is 9.59 Å². The minimum absolute atomic E-state index is 0.0660. The van der Waals surface area contributed by atoms with Crippen LogP contribution in [0.2, 0.25) is 0 Å². The van der Waals surface area contributed by atoms with Crippen molar-refractivity contribution in [3.05, 3.63) is 35.9 Å². The standard InChI is InChI=1S/C21H28O9/c1-13(22)29-17-15(23)18(26-10-14-8-6-5-7-9-14)21(11-28-20(2,3)30-21)19(16(17)24)27-12-25-4/h5-9,15,17-19,23H,10-12H2,1-4H3/t15-,17-,18+,19-,21-/m1/s1. The summed E-state index contributed by atoms with van der Waals surface area (Å²) in [4.78, 5) is 24.7. The van der Waals surface area contributed by atoms with E-state index in [9.17, 15) is 14.7 Å². The van der Waals surface area contributed by atoms with E-state index in [4.69, 9.17) is 28.4 Å². The van der Waals surface area contributed by atoms with Crippen molar-refractivity contribution in [3.63, 3.8) is 0 Å². The Kier molecular flexibility index (Phi) is 6.91. The molecule has 2 fully saturated rings. The molecule has 1 N–H and O–H groups in total. The molecule has 166 valence electrons. The summed E-state index contributed by atoms with van der Waals surface area (Å²) < 4.78 is 33.7. The minimum atomic E-state index is -1.48. The fraction of sp³-hybridized carbons (Fsp3) is 0.619. The first kappa shape index (κ1) is 22.8. The first-order chi connectivity index (χ1) is 14.2. The van der Waals surface area contributed by atoms with Gasteiger partial charge in [0, 0.05) is 14.0 Å². The number of ether oxygens (including phenoxy) is 6. The molecule has 1 aliphatic carbocycles. The van der Waals surface area contributed by atoms with E-state index in [-0.39, 0.29) is 20.0 Å². The Morgan fingerprint density at radius 3 is 2.50 bits per heavy atom. The van der Waals surface area contributed by atoms with Crippen LogP contribution in [0.3, 0.4) is 0 Å². The third-order valence-corrected chi connectivity index (χ3v) is 5.08. The first-order valence-corrected chi connectivity index (χ1v) is 9.69. The zero-order valence-electron chi connectivity index (χ0n) is 17.5. The fourth-order valence-corrected chi connectivity index (χ4v) is 3.89. The highest BCUT2D eigenvalue weighted by atomic mass is 16.8. The van der Waals surface area contributed by atoms with Gasteiger partial charge >= 0.3 is 5.97 Å². The highest BCUT2D eigenvalue weighted by Gasteiger charge is 2.67. The topological polar surface area (TPSA) is 110 Å². The highest BCUT2D eigenvalue weighted by molar-refractivity contribution is 5.92. The van der Waals surface area contributed by atoms with E-state index < -0.39 is 47.6 Å².